The summed E-state index contributed by atoms with van der Waals surface area (Å²) in [6.07, 6.45) is 1.91. The summed E-state index contributed by atoms with van der Waals surface area (Å²) in [6.45, 7) is 2.02. The molecule has 2 aliphatic heterocycles. The molecule has 0 saturated carbocycles. The molecule has 3 atom stereocenters. The molecule has 12 nitrogen and oxygen atoms in total. The van der Waals surface area contributed by atoms with E-state index in [1.54, 1.807) is 12.3 Å². The number of nitrogens with one attached hydrogen (secondary N) is 1. The van der Waals surface area contributed by atoms with Crippen molar-refractivity contribution in [2.45, 2.75) is 36.0 Å². The van der Waals surface area contributed by atoms with Crippen LogP contribution >= 0.6 is 23.5 Å². The Kier molecular flexibility index (Phi) is 8.17. The average Bonchev–Trinajstić information content (AvgIpc) is 2.80. The maximum absolute atomic E-state index is 13.1. The molecule has 0 aromatic carbocycles. The van der Waals surface area contributed by atoms with Gasteiger partial charge in [0.05, 0.1) is 0 Å². The smallest absolute Gasteiger partial charge is 0.352 e. The number of nitrogens with two attached hydrogens (primary N) is 1. The summed E-state index contributed by atoms with van der Waals surface area (Å²) in [5, 5.41) is 21.3. The molecule has 1 saturated heterocycles. The number of thioether (sulfide) groups is 2. The number of carboxylic acids is 2. The van der Waals surface area contributed by atoms with Crippen LogP contribution in [0.25, 0.3) is 0 Å². The number of hydrogen-bond acceptors (Lipinski definition) is 10. The van der Waals surface area contributed by atoms with Crippen molar-refractivity contribution in [1.29, 1.82) is 0 Å². The first-order chi connectivity index (χ1) is 16.2. The van der Waals surface area contributed by atoms with Crippen LogP contribution in [0.4, 0.5) is 0 Å². The van der Waals surface area contributed by atoms with Gasteiger partial charge in [-0.05, 0) is 37.9 Å². The molecule has 2 amide bonds. The number of ether oxygens (including phenoxy) is 1. The minimum Gasteiger partial charge on any atom is -0.481 e. The van der Waals surface area contributed by atoms with E-state index in [-0.39, 0.29) is 30.2 Å². The Morgan fingerprint density at radius 2 is 2.18 bits per heavy atom. The Hall–Kier alpha value is -2.68. The van der Waals surface area contributed by atoms with Crippen LogP contribution in [-0.4, -0.2) is 85.1 Å². The molecule has 1 fully saturated rings. The van der Waals surface area contributed by atoms with E-state index in [2.05, 4.69) is 15.3 Å². The first kappa shape index (κ1) is 25.9. The SMILES string of the molecule is CO[C@@]1(NC(=O)C(CCCN)C(=O)O)C(=O)N2C(C(=O)O)=C(CSc3nccc(C)n3)CS[C@H]21. The third kappa shape index (κ3) is 4.89. The molecule has 5 N–H and O–H groups in total. The second-order valence-corrected chi connectivity index (χ2v) is 9.63. The third-order valence-electron chi connectivity index (χ3n) is 5.40. The second kappa shape index (κ2) is 10.7. The Bertz CT molecular complexity index is 1040. The van der Waals surface area contributed by atoms with Crippen molar-refractivity contribution >= 4 is 47.3 Å². The van der Waals surface area contributed by atoms with E-state index in [0.717, 1.165) is 10.6 Å². The van der Waals surface area contributed by atoms with Crippen LogP contribution in [0.5, 0.6) is 0 Å². The highest BCUT2D eigenvalue weighted by Crippen LogP contribution is 2.47. The number of fused-ring (bicyclic) bond motifs is 1. The zero-order chi connectivity index (χ0) is 25.0. The van der Waals surface area contributed by atoms with Crippen LogP contribution < -0.4 is 11.1 Å². The lowest BCUT2D eigenvalue weighted by molar-refractivity contribution is -0.193. The van der Waals surface area contributed by atoms with Gasteiger partial charge in [0.15, 0.2) is 5.16 Å². The topological polar surface area (TPSA) is 185 Å². The first-order valence-corrected chi connectivity index (χ1v) is 12.3. The molecule has 14 heteroatoms. The highest BCUT2D eigenvalue weighted by Gasteiger charge is 2.67. The molecule has 2 aliphatic rings. The van der Waals surface area contributed by atoms with Crippen LogP contribution in [0, 0.1) is 12.8 Å². The number of aromatic nitrogens is 2. The van der Waals surface area contributed by atoms with E-state index in [0.29, 0.717) is 17.2 Å². The Morgan fingerprint density at radius 3 is 2.76 bits per heavy atom. The van der Waals surface area contributed by atoms with Crippen molar-refractivity contribution in [1.82, 2.24) is 20.2 Å². The fraction of sp³-hybridized carbons (Fsp3) is 0.500. The third-order valence-corrected chi connectivity index (χ3v) is 7.72. The van der Waals surface area contributed by atoms with Crippen molar-refractivity contribution in [2.75, 3.05) is 25.2 Å². The number of amides is 2. The number of aryl methyl sites for hydroxylation is 1. The molecule has 0 bridgehead atoms. The number of hydrogen-bond donors (Lipinski definition) is 4. The highest BCUT2D eigenvalue weighted by atomic mass is 32.2. The van der Waals surface area contributed by atoms with Gasteiger partial charge in [-0.15, -0.1) is 11.8 Å². The number of methoxy groups -OCH3 is 1. The summed E-state index contributed by atoms with van der Waals surface area (Å²) in [7, 11) is 1.20. The van der Waals surface area contributed by atoms with Crippen molar-refractivity contribution in [2.24, 2.45) is 11.7 Å². The molecule has 0 spiro atoms. The van der Waals surface area contributed by atoms with Gasteiger partial charge in [0.25, 0.3) is 11.6 Å². The molecule has 0 radical (unpaired) electrons. The monoisotopic (exact) mass is 511 g/mol. The van der Waals surface area contributed by atoms with Gasteiger partial charge in [-0.3, -0.25) is 19.3 Å². The van der Waals surface area contributed by atoms with Gasteiger partial charge >= 0.3 is 11.9 Å². The molecule has 184 valence electrons. The zero-order valence-corrected chi connectivity index (χ0v) is 20.1. The van der Waals surface area contributed by atoms with Crippen molar-refractivity contribution in [3.05, 3.63) is 29.2 Å². The van der Waals surface area contributed by atoms with Gasteiger partial charge in [-0.2, -0.15) is 0 Å². The summed E-state index contributed by atoms with van der Waals surface area (Å²) in [5.74, 6) is -5.22. The van der Waals surface area contributed by atoms with Crippen molar-refractivity contribution in [3.63, 3.8) is 0 Å². The van der Waals surface area contributed by atoms with E-state index in [9.17, 15) is 29.4 Å². The zero-order valence-electron chi connectivity index (χ0n) is 18.5. The number of carboxylic acid groups (broad SMARTS) is 2. The largest absolute Gasteiger partial charge is 0.481 e. The Morgan fingerprint density at radius 1 is 1.44 bits per heavy atom. The van der Waals surface area contributed by atoms with Gasteiger partial charge in [0.2, 0.25) is 5.91 Å². The minimum atomic E-state index is -1.86. The Balaban J connectivity index is 1.82. The second-order valence-electron chi connectivity index (χ2n) is 7.62. The molecular formula is C20H25N5O7S2. The quantitative estimate of drug-likeness (QED) is 0.103. The maximum atomic E-state index is 13.1. The standard InChI is InChI=1S/C20H25N5O7S2/c1-10-5-7-22-19(23-10)34-9-11-8-33-18-20(32-2,17(31)25(18)13(11)16(29)30)24-14(26)12(15(27)28)4-3-6-21/h5,7,12,18H,3-4,6,8-9,21H2,1-2H3,(H,24,26)(H,27,28)(H,29,30)/t12?,18-,20-/m0/s1. The van der Waals surface area contributed by atoms with Gasteiger partial charge < -0.3 is 26.0 Å². The lowest BCUT2D eigenvalue weighted by atomic mass is 9.95. The lowest BCUT2D eigenvalue weighted by Crippen LogP contribution is -2.81. The van der Waals surface area contributed by atoms with E-state index in [1.807, 2.05) is 6.92 Å². The lowest BCUT2D eigenvalue weighted by Gasteiger charge is -2.56. The fourth-order valence-electron chi connectivity index (χ4n) is 3.66. The molecule has 1 unspecified atom stereocenters. The number of aliphatic carboxylic acids is 2. The van der Waals surface area contributed by atoms with Crippen LogP contribution in [0.15, 0.2) is 28.7 Å². The summed E-state index contributed by atoms with van der Waals surface area (Å²) >= 11 is 2.47. The number of carbonyl (C=O) groups excluding carboxylic acids is 2. The highest BCUT2D eigenvalue weighted by molar-refractivity contribution is 8.01. The van der Waals surface area contributed by atoms with Crippen LogP contribution in [0.1, 0.15) is 18.5 Å². The van der Waals surface area contributed by atoms with E-state index < -0.39 is 40.8 Å². The summed E-state index contributed by atoms with van der Waals surface area (Å²) in [5.41, 5.74) is 4.64. The summed E-state index contributed by atoms with van der Waals surface area (Å²) in [4.78, 5) is 59.0. The molecule has 0 aliphatic carbocycles. The van der Waals surface area contributed by atoms with Gasteiger partial charge in [0.1, 0.15) is 17.0 Å². The predicted octanol–water partition coefficient (Wildman–Crippen LogP) is 0.0295. The number of nitrogens with zero attached hydrogens (tertiary/aromatic N) is 3. The average molecular weight is 512 g/mol. The van der Waals surface area contributed by atoms with Crippen LogP contribution in [-0.2, 0) is 23.9 Å². The van der Waals surface area contributed by atoms with E-state index in [4.69, 9.17) is 10.5 Å². The van der Waals surface area contributed by atoms with E-state index >= 15 is 0 Å². The normalized spacial score (nSPS) is 22.6. The first-order valence-electron chi connectivity index (χ1n) is 10.3. The predicted molar refractivity (Wildman–Crippen MR) is 123 cm³/mol. The van der Waals surface area contributed by atoms with Crippen molar-refractivity contribution in [3.8, 4) is 0 Å². The number of carbonyl (C=O) groups is 4. The fourth-order valence-corrected chi connectivity index (χ4v) is 6.11. The molecular weight excluding hydrogens is 486 g/mol. The van der Waals surface area contributed by atoms with Crippen LogP contribution in [0.3, 0.4) is 0 Å². The number of β-lactam (4-membered cyclic amide) rings is 1. The van der Waals surface area contributed by atoms with Gasteiger partial charge in [-0.25, -0.2) is 14.8 Å². The molecule has 3 rings (SSSR count). The molecule has 34 heavy (non-hydrogen) atoms. The molecule has 1 aromatic rings. The van der Waals surface area contributed by atoms with Gasteiger partial charge in [0, 0.05) is 30.5 Å². The minimum absolute atomic E-state index is 0.00411. The number of rotatable bonds is 11. The van der Waals surface area contributed by atoms with Gasteiger partial charge in [-0.1, -0.05) is 11.8 Å². The van der Waals surface area contributed by atoms with E-state index in [1.165, 1.54) is 30.6 Å². The van der Waals surface area contributed by atoms with Crippen LogP contribution in [0.2, 0.25) is 0 Å². The van der Waals surface area contributed by atoms with Crippen molar-refractivity contribution < 1.29 is 34.1 Å². The molecule has 3 heterocycles. The summed E-state index contributed by atoms with van der Waals surface area (Å²) < 4.78 is 5.36. The molecule has 1 aromatic heterocycles. The summed E-state index contributed by atoms with van der Waals surface area (Å²) in [6, 6.07) is 1.75. The maximum Gasteiger partial charge on any atom is 0.352 e. The Labute approximate surface area is 203 Å².